The number of Topliss-reactive ketones (excluding diaryl/α,β-unsaturated/α-hetero) is 1. The van der Waals surface area contributed by atoms with E-state index in [9.17, 15) is 9.18 Å². The van der Waals surface area contributed by atoms with Gasteiger partial charge in [0.05, 0.1) is 0 Å². The van der Waals surface area contributed by atoms with Gasteiger partial charge in [-0.1, -0.05) is 35.9 Å². The Morgan fingerprint density at radius 1 is 1.16 bits per heavy atom. The maximum absolute atomic E-state index is 13.1. The number of hydrogen-bond acceptors (Lipinski definition) is 1. The number of halogens is 2. The molecule has 3 heteroatoms. The summed E-state index contributed by atoms with van der Waals surface area (Å²) in [4.78, 5) is 12.2. The lowest BCUT2D eigenvalue weighted by Gasteiger charge is -1.97. The van der Waals surface area contributed by atoms with Crippen LogP contribution in [-0.2, 0) is 6.42 Å². The highest BCUT2D eigenvalue weighted by atomic mass is 35.5. The number of rotatable bonds is 1. The van der Waals surface area contributed by atoms with Crippen molar-refractivity contribution in [1.82, 2.24) is 0 Å². The fourth-order valence-corrected chi connectivity index (χ4v) is 2.55. The quantitative estimate of drug-likeness (QED) is 0.707. The molecule has 19 heavy (non-hydrogen) atoms. The summed E-state index contributed by atoms with van der Waals surface area (Å²) < 4.78 is 13.1. The first-order valence-electron chi connectivity index (χ1n) is 5.93. The second-order valence-corrected chi connectivity index (χ2v) is 4.90. The molecule has 0 fully saturated rings. The van der Waals surface area contributed by atoms with Crippen LogP contribution in [0.3, 0.4) is 0 Å². The number of fused-ring (bicyclic) bond motifs is 1. The van der Waals surface area contributed by atoms with Crippen LogP contribution in [-0.4, -0.2) is 5.78 Å². The lowest BCUT2D eigenvalue weighted by atomic mass is 10.1. The van der Waals surface area contributed by atoms with Gasteiger partial charge in [0, 0.05) is 22.6 Å². The van der Waals surface area contributed by atoms with E-state index in [0.29, 0.717) is 28.1 Å². The Kier molecular flexibility index (Phi) is 2.96. The molecule has 0 aliphatic heterocycles. The molecule has 3 rings (SSSR count). The summed E-state index contributed by atoms with van der Waals surface area (Å²) in [5, 5.41) is 0.605. The number of benzene rings is 2. The highest BCUT2D eigenvalue weighted by Crippen LogP contribution is 2.32. The van der Waals surface area contributed by atoms with E-state index in [2.05, 4.69) is 0 Å². The summed E-state index contributed by atoms with van der Waals surface area (Å²) in [6, 6.07) is 11.5. The van der Waals surface area contributed by atoms with E-state index < -0.39 is 0 Å². The molecule has 0 amide bonds. The lowest BCUT2D eigenvalue weighted by Crippen LogP contribution is -1.95. The van der Waals surface area contributed by atoms with Gasteiger partial charge in [0.25, 0.3) is 0 Å². The molecule has 0 saturated heterocycles. The molecular formula is C16H10ClFO. The highest BCUT2D eigenvalue weighted by molar-refractivity contribution is 6.33. The zero-order chi connectivity index (χ0) is 13.4. The third kappa shape index (κ3) is 2.20. The van der Waals surface area contributed by atoms with E-state index in [1.807, 2.05) is 0 Å². The maximum atomic E-state index is 13.1. The van der Waals surface area contributed by atoms with Crippen molar-refractivity contribution in [3.8, 4) is 0 Å². The molecule has 0 bridgehead atoms. The second kappa shape index (κ2) is 4.63. The molecule has 0 radical (unpaired) electrons. The van der Waals surface area contributed by atoms with Crippen LogP contribution in [0.15, 0.2) is 48.0 Å². The van der Waals surface area contributed by atoms with Crippen LogP contribution in [0.5, 0.6) is 0 Å². The van der Waals surface area contributed by atoms with Crippen molar-refractivity contribution in [2.45, 2.75) is 6.42 Å². The Bertz CT molecular complexity index is 704. The molecule has 0 aromatic heterocycles. The fraction of sp³-hybridized carbons (Fsp3) is 0.0625. The Labute approximate surface area is 115 Å². The molecule has 1 aliphatic rings. The van der Waals surface area contributed by atoms with Gasteiger partial charge < -0.3 is 0 Å². The molecule has 0 N–H and O–H groups in total. The van der Waals surface area contributed by atoms with Gasteiger partial charge in [-0.3, -0.25) is 4.79 Å². The molecule has 94 valence electrons. The zero-order valence-electron chi connectivity index (χ0n) is 9.99. The van der Waals surface area contributed by atoms with E-state index in [-0.39, 0.29) is 11.6 Å². The number of carbonyl (C=O) groups excluding carboxylic acids is 1. The van der Waals surface area contributed by atoms with Crippen molar-refractivity contribution in [3.05, 3.63) is 75.6 Å². The van der Waals surface area contributed by atoms with Gasteiger partial charge in [-0.15, -0.1) is 0 Å². The molecule has 1 aliphatic carbocycles. The first-order valence-corrected chi connectivity index (χ1v) is 6.31. The van der Waals surface area contributed by atoms with Gasteiger partial charge in [-0.2, -0.15) is 0 Å². The molecule has 2 aromatic carbocycles. The van der Waals surface area contributed by atoms with Crippen molar-refractivity contribution in [3.63, 3.8) is 0 Å². The van der Waals surface area contributed by atoms with Crippen molar-refractivity contribution in [2.75, 3.05) is 0 Å². The molecule has 0 saturated carbocycles. The van der Waals surface area contributed by atoms with Gasteiger partial charge in [-0.25, -0.2) is 4.39 Å². The molecule has 0 spiro atoms. The first-order chi connectivity index (χ1) is 9.15. The van der Waals surface area contributed by atoms with E-state index in [0.717, 1.165) is 5.56 Å². The SMILES string of the molecule is O=C1/C(=C\c2cccc(F)c2)Cc2c(Cl)cccc21. The third-order valence-electron chi connectivity index (χ3n) is 3.21. The van der Waals surface area contributed by atoms with E-state index >= 15 is 0 Å². The van der Waals surface area contributed by atoms with Gasteiger partial charge >= 0.3 is 0 Å². The fourth-order valence-electron chi connectivity index (χ4n) is 2.31. The Morgan fingerprint density at radius 3 is 2.68 bits per heavy atom. The minimum absolute atomic E-state index is 0.0261. The predicted octanol–water partition coefficient (Wildman–Crippen LogP) is 4.30. The van der Waals surface area contributed by atoms with Gasteiger partial charge in [0.2, 0.25) is 0 Å². The number of carbonyl (C=O) groups is 1. The lowest BCUT2D eigenvalue weighted by molar-refractivity contribution is 0.104. The van der Waals surface area contributed by atoms with Crippen LogP contribution in [0, 0.1) is 5.82 Å². The van der Waals surface area contributed by atoms with Crippen molar-refractivity contribution >= 4 is 23.5 Å². The van der Waals surface area contributed by atoms with Gasteiger partial charge in [-0.05, 0) is 35.4 Å². The van der Waals surface area contributed by atoms with Crippen molar-refractivity contribution in [2.24, 2.45) is 0 Å². The Balaban J connectivity index is 2.02. The third-order valence-corrected chi connectivity index (χ3v) is 3.57. The maximum Gasteiger partial charge on any atom is 0.189 e. The topological polar surface area (TPSA) is 17.1 Å². The first kappa shape index (κ1) is 12.1. The molecule has 0 atom stereocenters. The molecular weight excluding hydrogens is 263 g/mol. The predicted molar refractivity (Wildman–Crippen MR) is 73.9 cm³/mol. The van der Waals surface area contributed by atoms with E-state index in [1.165, 1.54) is 12.1 Å². The van der Waals surface area contributed by atoms with Crippen LogP contribution < -0.4 is 0 Å². The van der Waals surface area contributed by atoms with Crippen LogP contribution in [0.4, 0.5) is 4.39 Å². The van der Waals surface area contributed by atoms with E-state index in [1.54, 1.807) is 36.4 Å². The summed E-state index contributed by atoms with van der Waals surface area (Å²) in [6.07, 6.45) is 2.23. The van der Waals surface area contributed by atoms with Crippen molar-refractivity contribution in [1.29, 1.82) is 0 Å². The van der Waals surface area contributed by atoms with Crippen molar-refractivity contribution < 1.29 is 9.18 Å². The molecule has 1 nitrogen and oxygen atoms in total. The van der Waals surface area contributed by atoms with Gasteiger partial charge in [0.1, 0.15) is 5.82 Å². The zero-order valence-corrected chi connectivity index (χ0v) is 10.7. The van der Waals surface area contributed by atoms with Crippen LogP contribution >= 0.6 is 11.6 Å². The van der Waals surface area contributed by atoms with Gasteiger partial charge in [0.15, 0.2) is 5.78 Å². The van der Waals surface area contributed by atoms with Crippen LogP contribution in [0.25, 0.3) is 6.08 Å². The molecule has 0 heterocycles. The smallest absolute Gasteiger partial charge is 0.189 e. The monoisotopic (exact) mass is 272 g/mol. The summed E-state index contributed by atoms with van der Waals surface area (Å²) >= 11 is 6.09. The van der Waals surface area contributed by atoms with Crippen LogP contribution in [0.1, 0.15) is 21.5 Å². The molecule has 0 unspecified atom stereocenters. The summed E-state index contributed by atoms with van der Waals surface area (Å²) in [5.74, 6) is -0.336. The van der Waals surface area contributed by atoms with Crippen LogP contribution in [0.2, 0.25) is 5.02 Å². The minimum atomic E-state index is -0.310. The number of ketones is 1. The minimum Gasteiger partial charge on any atom is -0.289 e. The summed E-state index contributed by atoms with van der Waals surface area (Å²) in [6.45, 7) is 0. The van der Waals surface area contributed by atoms with E-state index in [4.69, 9.17) is 11.6 Å². The Morgan fingerprint density at radius 2 is 1.95 bits per heavy atom. The number of allylic oxidation sites excluding steroid dienone is 1. The standard InChI is InChI=1S/C16H10ClFO/c17-15-6-2-5-13-14(15)9-11(16(13)19)7-10-3-1-4-12(18)8-10/h1-8H,9H2/b11-7-. The second-order valence-electron chi connectivity index (χ2n) is 4.50. The largest absolute Gasteiger partial charge is 0.289 e. The number of hydrogen-bond donors (Lipinski definition) is 0. The molecule has 2 aromatic rings. The summed E-state index contributed by atoms with van der Waals surface area (Å²) in [5.41, 5.74) is 2.84. The average Bonchev–Trinajstić information content (AvgIpc) is 2.69. The summed E-state index contributed by atoms with van der Waals surface area (Å²) in [7, 11) is 0. The highest BCUT2D eigenvalue weighted by Gasteiger charge is 2.26. The normalized spacial score (nSPS) is 15.9. The Hall–Kier alpha value is -1.93. The average molecular weight is 273 g/mol.